The molecule has 2 rings (SSSR count). The van der Waals surface area contributed by atoms with Gasteiger partial charge in [-0.3, -0.25) is 9.10 Å². The molecule has 0 heterocycles. The minimum atomic E-state index is -3.59. The van der Waals surface area contributed by atoms with Crippen molar-refractivity contribution in [3.8, 4) is 0 Å². The highest BCUT2D eigenvalue weighted by Crippen LogP contribution is 2.24. The number of anilines is 2. The number of hydrogen-bond donors (Lipinski definition) is 1. The van der Waals surface area contributed by atoms with E-state index in [0.29, 0.717) is 12.1 Å². The maximum atomic E-state index is 12.5. The summed E-state index contributed by atoms with van der Waals surface area (Å²) in [5, 5.41) is 2.84. The first-order chi connectivity index (χ1) is 11.7. The van der Waals surface area contributed by atoms with E-state index in [1.54, 1.807) is 12.1 Å². The number of carbonyl (C=O) groups excluding carboxylic acids is 1. The second-order valence-corrected chi connectivity index (χ2v) is 7.97. The van der Waals surface area contributed by atoms with Gasteiger partial charge in [0.2, 0.25) is 15.9 Å². The summed E-state index contributed by atoms with van der Waals surface area (Å²) >= 11 is 0. The van der Waals surface area contributed by atoms with Crippen LogP contribution in [0.25, 0.3) is 0 Å². The third-order valence-electron chi connectivity index (χ3n) is 4.07. The molecule has 25 heavy (non-hydrogen) atoms. The van der Waals surface area contributed by atoms with Crippen LogP contribution in [-0.4, -0.2) is 27.1 Å². The summed E-state index contributed by atoms with van der Waals surface area (Å²) in [6.45, 7) is 5.51. The van der Waals surface area contributed by atoms with Gasteiger partial charge in [0.05, 0.1) is 11.9 Å². The summed E-state index contributed by atoms with van der Waals surface area (Å²) in [7, 11) is -3.59. The van der Waals surface area contributed by atoms with Crippen LogP contribution in [0.15, 0.2) is 42.5 Å². The maximum absolute atomic E-state index is 12.5. The SMILES string of the molecule is CCc1ccccc1N(CC(=O)Nc1c(C)cccc1C)S(C)(=O)=O. The molecule has 0 atom stereocenters. The van der Waals surface area contributed by atoms with Crippen molar-refractivity contribution >= 4 is 27.3 Å². The lowest BCUT2D eigenvalue weighted by Gasteiger charge is -2.24. The Labute approximate surface area is 149 Å². The van der Waals surface area contributed by atoms with Gasteiger partial charge in [0.1, 0.15) is 6.54 Å². The molecule has 1 N–H and O–H groups in total. The zero-order valence-corrected chi connectivity index (χ0v) is 15.9. The first kappa shape index (κ1) is 19.0. The van der Waals surface area contributed by atoms with E-state index in [4.69, 9.17) is 0 Å². The predicted molar refractivity (Wildman–Crippen MR) is 103 cm³/mol. The highest BCUT2D eigenvalue weighted by Gasteiger charge is 2.23. The van der Waals surface area contributed by atoms with Gasteiger partial charge in [-0.25, -0.2) is 8.42 Å². The average molecular weight is 360 g/mol. The molecule has 0 saturated carbocycles. The van der Waals surface area contributed by atoms with Crippen LogP contribution in [0.2, 0.25) is 0 Å². The zero-order chi connectivity index (χ0) is 18.6. The van der Waals surface area contributed by atoms with Gasteiger partial charge in [0.15, 0.2) is 0 Å². The van der Waals surface area contributed by atoms with E-state index >= 15 is 0 Å². The third kappa shape index (κ3) is 4.60. The quantitative estimate of drug-likeness (QED) is 0.860. The summed E-state index contributed by atoms with van der Waals surface area (Å²) < 4.78 is 25.7. The molecule has 2 aromatic rings. The molecule has 0 unspecified atom stereocenters. The fraction of sp³-hybridized carbons (Fsp3) is 0.316. The second-order valence-electron chi connectivity index (χ2n) is 6.07. The summed E-state index contributed by atoms with van der Waals surface area (Å²) in [5.41, 5.74) is 4.03. The smallest absolute Gasteiger partial charge is 0.245 e. The lowest BCUT2D eigenvalue weighted by atomic mass is 10.1. The van der Waals surface area contributed by atoms with Gasteiger partial charge >= 0.3 is 0 Å². The highest BCUT2D eigenvalue weighted by molar-refractivity contribution is 7.92. The van der Waals surface area contributed by atoms with E-state index in [1.807, 2.05) is 51.1 Å². The maximum Gasteiger partial charge on any atom is 0.245 e. The molecular weight excluding hydrogens is 336 g/mol. The topological polar surface area (TPSA) is 66.5 Å². The number of rotatable bonds is 6. The van der Waals surface area contributed by atoms with E-state index in [2.05, 4.69) is 5.32 Å². The molecule has 5 nitrogen and oxygen atoms in total. The number of nitrogens with zero attached hydrogens (tertiary/aromatic N) is 1. The first-order valence-corrected chi connectivity index (χ1v) is 10.0. The van der Waals surface area contributed by atoms with E-state index in [1.165, 1.54) is 0 Å². The fourth-order valence-corrected chi connectivity index (χ4v) is 3.64. The number of benzene rings is 2. The predicted octanol–water partition coefficient (Wildman–Crippen LogP) is 3.27. The lowest BCUT2D eigenvalue weighted by molar-refractivity contribution is -0.114. The van der Waals surface area contributed by atoms with Gasteiger partial charge in [-0.15, -0.1) is 0 Å². The number of amides is 1. The Kier molecular flexibility index (Phi) is 5.85. The Morgan fingerprint density at radius 1 is 1.04 bits per heavy atom. The molecule has 0 aromatic heterocycles. The molecular formula is C19H24N2O3S. The normalized spacial score (nSPS) is 11.2. The third-order valence-corrected chi connectivity index (χ3v) is 5.20. The van der Waals surface area contributed by atoms with Crippen molar-refractivity contribution in [3.05, 3.63) is 59.2 Å². The van der Waals surface area contributed by atoms with Gasteiger partial charge < -0.3 is 5.32 Å². The molecule has 0 aliphatic heterocycles. The monoisotopic (exact) mass is 360 g/mol. The number of aryl methyl sites for hydroxylation is 3. The molecule has 0 bridgehead atoms. The van der Waals surface area contributed by atoms with Crippen LogP contribution in [0.3, 0.4) is 0 Å². The summed E-state index contributed by atoms with van der Waals surface area (Å²) in [4.78, 5) is 12.5. The van der Waals surface area contributed by atoms with Crippen LogP contribution < -0.4 is 9.62 Å². The summed E-state index contributed by atoms with van der Waals surface area (Å²) in [5.74, 6) is -0.367. The van der Waals surface area contributed by atoms with Crippen LogP contribution in [0, 0.1) is 13.8 Å². The van der Waals surface area contributed by atoms with Gasteiger partial charge in [-0.1, -0.05) is 43.3 Å². The first-order valence-electron chi connectivity index (χ1n) is 8.15. The zero-order valence-electron chi connectivity index (χ0n) is 15.0. The Bertz CT molecular complexity index is 856. The van der Waals surface area contributed by atoms with Crippen molar-refractivity contribution in [2.75, 3.05) is 22.4 Å². The van der Waals surface area contributed by atoms with Crippen LogP contribution in [0.1, 0.15) is 23.6 Å². The van der Waals surface area contributed by atoms with Gasteiger partial charge in [-0.05, 0) is 43.0 Å². The van der Waals surface area contributed by atoms with Gasteiger partial charge in [0.25, 0.3) is 0 Å². The Morgan fingerprint density at radius 3 is 2.20 bits per heavy atom. The van der Waals surface area contributed by atoms with E-state index in [-0.39, 0.29) is 12.5 Å². The van der Waals surface area contributed by atoms with Gasteiger partial charge in [-0.2, -0.15) is 0 Å². The molecule has 0 radical (unpaired) electrons. The second kappa shape index (κ2) is 7.70. The van der Waals surface area contributed by atoms with E-state index < -0.39 is 10.0 Å². The standard InChI is InChI=1S/C19H24N2O3S/c1-5-16-11-6-7-12-17(16)21(25(4,23)24)13-18(22)20-19-14(2)9-8-10-15(19)3/h6-12H,5,13H2,1-4H3,(H,20,22). The van der Waals surface area contributed by atoms with Crippen molar-refractivity contribution in [1.82, 2.24) is 0 Å². The number of hydrogen-bond acceptors (Lipinski definition) is 3. The minimum absolute atomic E-state index is 0.260. The van der Waals surface area contributed by atoms with E-state index in [0.717, 1.165) is 32.9 Å². The fourth-order valence-electron chi connectivity index (χ4n) is 2.76. The molecule has 134 valence electrons. The molecule has 0 fully saturated rings. The molecule has 0 aliphatic rings. The van der Waals surface area contributed by atoms with Crippen LogP contribution in [0.5, 0.6) is 0 Å². The number of sulfonamides is 1. The molecule has 0 aliphatic carbocycles. The van der Waals surface area contributed by atoms with E-state index in [9.17, 15) is 13.2 Å². The van der Waals surface area contributed by atoms with Crippen LogP contribution >= 0.6 is 0 Å². The molecule has 1 amide bonds. The van der Waals surface area contributed by atoms with Crippen molar-refractivity contribution in [1.29, 1.82) is 0 Å². The van der Waals surface area contributed by atoms with Crippen molar-refractivity contribution in [2.45, 2.75) is 27.2 Å². The largest absolute Gasteiger partial charge is 0.324 e. The summed E-state index contributed by atoms with van der Waals surface area (Å²) in [6, 6.07) is 13.0. The number of nitrogens with one attached hydrogen (secondary N) is 1. The molecule has 2 aromatic carbocycles. The summed E-state index contributed by atoms with van der Waals surface area (Å²) in [6.07, 6.45) is 1.80. The lowest BCUT2D eigenvalue weighted by Crippen LogP contribution is -2.38. The molecule has 0 spiro atoms. The molecule has 6 heteroatoms. The number of para-hydroxylation sites is 2. The van der Waals surface area contributed by atoms with Crippen molar-refractivity contribution in [3.63, 3.8) is 0 Å². The van der Waals surface area contributed by atoms with Crippen molar-refractivity contribution < 1.29 is 13.2 Å². The highest BCUT2D eigenvalue weighted by atomic mass is 32.2. The van der Waals surface area contributed by atoms with Crippen molar-refractivity contribution in [2.24, 2.45) is 0 Å². The van der Waals surface area contributed by atoms with Crippen LogP contribution in [0.4, 0.5) is 11.4 Å². The van der Waals surface area contributed by atoms with Gasteiger partial charge in [0, 0.05) is 5.69 Å². The average Bonchev–Trinajstić information content (AvgIpc) is 2.55. The Hall–Kier alpha value is -2.34. The number of carbonyl (C=O) groups is 1. The molecule has 0 saturated heterocycles. The Morgan fingerprint density at radius 2 is 1.64 bits per heavy atom. The van der Waals surface area contributed by atoms with Crippen LogP contribution in [-0.2, 0) is 21.2 Å². The Balaban J connectivity index is 2.31. The minimum Gasteiger partial charge on any atom is -0.324 e.